The number of rotatable bonds is 5. The molecule has 5 N–H and O–H groups in total. The Morgan fingerprint density at radius 2 is 2.24 bits per heavy atom. The first-order valence-electron chi connectivity index (χ1n) is 6.27. The lowest BCUT2D eigenvalue weighted by Gasteiger charge is -2.17. The first kappa shape index (κ1) is 15.6. The second kappa shape index (κ2) is 6.33. The van der Waals surface area contributed by atoms with Gasteiger partial charge in [-0.1, -0.05) is 6.58 Å². The standard InChI is InChI=1S/C12H17N3O6/c1-2-7(13)20-5-6-9(17)10(18)11(21-6)15-4-3-8(16)14-12(15)19/h2-4,6-7,9-11,17-18H,1,5,13H2,(H,14,16,19)/t6-,7?,9-,10-,11-/m1/s1. The van der Waals surface area contributed by atoms with Crippen LogP contribution in [0.25, 0.3) is 0 Å². The molecule has 1 aliphatic heterocycles. The van der Waals surface area contributed by atoms with Crippen molar-refractivity contribution in [2.24, 2.45) is 5.73 Å². The molecule has 1 saturated heterocycles. The van der Waals surface area contributed by atoms with Gasteiger partial charge in [0.25, 0.3) is 5.56 Å². The van der Waals surface area contributed by atoms with Crippen molar-refractivity contribution in [2.75, 3.05) is 6.61 Å². The highest BCUT2D eigenvalue weighted by Crippen LogP contribution is 2.28. The normalized spacial score (nSPS) is 30.2. The van der Waals surface area contributed by atoms with Crippen molar-refractivity contribution in [3.05, 3.63) is 45.8 Å². The number of aromatic amines is 1. The Morgan fingerprint density at radius 1 is 1.52 bits per heavy atom. The number of hydrogen-bond acceptors (Lipinski definition) is 7. The molecule has 2 rings (SSSR count). The molecule has 9 nitrogen and oxygen atoms in total. The summed E-state index contributed by atoms with van der Waals surface area (Å²) in [5.41, 5.74) is 4.17. The maximum atomic E-state index is 11.7. The summed E-state index contributed by atoms with van der Waals surface area (Å²) in [5.74, 6) is 0. The van der Waals surface area contributed by atoms with E-state index in [1.807, 2.05) is 4.98 Å². The van der Waals surface area contributed by atoms with Crippen LogP contribution in [0.2, 0.25) is 0 Å². The van der Waals surface area contributed by atoms with E-state index in [1.165, 1.54) is 12.3 Å². The number of aliphatic hydroxyl groups is 2. The maximum absolute atomic E-state index is 11.7. The Morgan fingerprint density at radius 3 is 2.86 bits per heavy atom. The van der Waals surface area contributed by atoms with E-state index in [1.54, 1.807) is 0 Å². The van der Waals surface area contributed by atoms with Crippen LogP contribution in [0, 0.1) is 0 Å². The van der Waals surface area contributed by atoms with E-state index in [0.717, 1.165) is 10.6 Å². The Bertz CT molecular complexity index is 612. The van der Waals surface area contributed by atoms with Crippen molar-refractivity contribution in [1.29, 1.82) is 0 Å². The summed E-state index contributed by atoms with van der Waals surface area (Å²) in [6.45, 7) is 3.36. The van der Waals surface area contributed by atoms with E-state index in [4.69, 9.17) is 15.2 Å². The lowest BCUT2D eigenvalue weighted by Crippen LogP contribution is -2.38. The van der Waals surface area contributed by atoms with Crippen molar-refractivity contribution in [1.82, 2.24) is 9.55 Å². The van der Waals surface area contributed by atoms with Crippen LogP contribution in [0.4, 0.5) is 0 Å². The van der Waals surface area contributed by atoms with Gasteiger partial charge in [-0.3, -0.25) is 14.3 Å². The number of aromatic nitrogens is 2. The minimum atomic E-state index is -1.35. The Balaban J connectivity index is 2.14. The highest BCUT2D eigenvalue weighted by molar-refractivity contribution is 4.93. The molecule has 0 amide bonds. The zero-order valence-electron chi connectivity index (χ0n) is 11.1. The summed E-state index contributed by atoms with van der Waals surface area (Å²) in [5, 5.41) is 19.9. The van der Waals surface area contributed by atoms with E-state index in [-0.39, 0.29) is 6.61 Å². The fraction of sp³-hybridized carbons (Fsp3) is 0.500. The number of nitrogens with zero attached hydrogens (tertiary/aromatic N) is 1. The van der Waals surface area contributed by atoms with Crippen molar-refractivity contribution in [3.8, 4) is 0 Å². The van der Waals surface area contributed by atoms with Gasteiger partial charge in [0.2, 0.25) is 0 Å². The van der Waals surface area contributed by atoms with Crippen LogP contribution < -0.4 is 17.0 Å². The summed E-state index contributed by atoms with van der Waals surface area (Å²) in [4.78, 5) is 24.7. The molecule has 5 atom stereocenters. The summed E-state index contributed by atoms with van der Waals surface area (Å²) in [6, 6.07) is 1.11. The van der Waals surface area contributed by atoms with Crippen LogP contribution in [-0.4, -0.2) is 50.9 Å². The monoisotopic (exact) mass is 299 g/mol. The van der Waals surface area contributed by atoms with E-state index in [9.17, 15) is 19.8 Å². The third-order valence-electron chi connectivity index (χ3n) is 3.15. The number of aliphatic hydroxyl groups excluding tert-OH is 2. The molecular weight excluding hydrogens is 282 g/mol. The van der Waals surface area contributed by atoms with E-state index in [2.05, 4.69) is 6.58 Å². The molecule has 0 radical (unpaired) electrons. The van der Waals surface area contributed by atoms with Crippen LogP contribution in [-0.2, 0) is 9.47 Å². The van der Waals surface area contributed by atoms with Crippen LogP contribution in [0.3, 0.4) is 0 Å². The second-order valence-electron chi connectivity index (χ2n) is 4.60. The van der Waals surface area contributed by atoms with Crippen LogP contribution in [0.15, 0.2) is 34.5 Å². The summed E-state index contributed by atoms with van der Waals surface area (Å²) in [6.07, 6.45) is -2.78. The van der Waals surface area contributed by atoms with Crippen molar-refractivity contribution >= 4 is 0 Å². The van der Waals surface area contributed by atoms with Gasteiger partial charge in [-0.25, -0.2) is 4.79 Å². The molecule has 1 aromatic rings. The predicted octanol–water partition coefficient (Wildman–Crippen LogP) is -2.36. The van der Waals surface area contributed by atoms with Gasteiger partial charge >= 0.3 is 5.69 Å². The van der Waals surface area contributed by atoms with Crippen molar-refractivity contribution in [3.63, 3.8) is 0 Å². The van der Waals surface area contributed by atoms with Crippen LogP contribution in [0.1, 0.15) is 6.23 Å². The summed E-state index contributed by atoms with van der Waals surface area (Å²) in [7, 11) is 0. The molecule has 0 bridgehead atoms. The smallest absolute Gasteiger partial charge is 0.330 e. The first-order valence-corrected chi connectivity index (χ1v) is 6.27. The zero-order valence-corrected chi connectivity index (χ0v) is 11.1. The Labute approximate surface area is 119 Å². The molecule has 116 valence electrons. The van der Waals surface area contributed by atoms with Gasteiger partial charge in [-0.15, -0.1) is 0 Å². The van der Waals surface area contributed by atoms with Gasteiger partial charge in [0.15, 0.2) is 6.23 Å². The van der Waals surface area contributed by atoms with Gasteiger partial charge in [0.05, 0.1) is 6.61 Å². The molecule has 0 aliphatic carbocycles. The summed E-state index contributed by atoms with van der Waals surface area (Å²) < 4.78 is 11.5. The molecule has 0 aromatic carbocycles. The van der Waals surface area contributed by atoms with Gasteiger partial charge in [0.1, 0.15) is 24.5 Å². The molecule has 1 unspecified atom stereocenters. The first-order chi connectivity index (χ1) is 9.93. The number of H-pyrrole nitrogens is 1. The molecule has 1 aromatic heterocycles. The van der Waals surface area contributed by atoms with E-state index >= 15 is 0 Å². The van der Waals surface area contributed by atoms with Crippen molar-refractivity contribution in [2.45, 2.75) is 30.8 Å². The zero-order chi connectivity index (χ0) is 15.6. The fourth-order valence-corrected chi connectivity index (χ4v) is 2.00. The highest BCUT2D eigenvalue weighted by atomic mass is 16.6. The molecular formula is C12H17N3O6. The van der Waals surface area contributed by atoms with E-state index in [0.29, 0.717) is 0 Å². The predicted molar refractivity (Wildman–Crippen MR) is 71.4 cm³/mol. The van der Waals surface area contributed by atoms with Gasteiger partial charge in [-0.05, 0) is 6.08 Å². The topological polar surface area (TPSA) is 140 Å². The van der Waals surface area contributed by atoms with Gasteiger partial charge in [0, 0.05) is 12.3 Å². The summed E-state index contributed by atoms with van der Waals surface area (Å²) >= 11 is 0. The molecule has 21 heavy (non-hydrogen) atoms. The Kier molecular flexibility index (Phi) is 4.70. The molecule has 1 fully saturated rings. The molecule has 2 heterocycles. The average molecular weight is 299 g/mol. The molecule has 0 spiro atoms. The fourth-order valence-electron chi connectivity index (χ4n) is 2.00. The quantitative estimate of drug-likeness (QED) is 0.352. The second-order valence-corrected chi connectivity index (χ2v) is 4.60. The van der Waals surface area contributed by atoms with Crippen LogP contribution in [0.5, 0.6) is 0 Å². The van der Waals surface area contributed by atoms with Gasteiger partial charge < -0.3 is 25.4 Å². The minimum absolute atomic E-state index is 0.0833. The van der Waals surface area contributed by atoms with E-state index < -0.39 is 42.0 Å². The number of nitrogens with one attached hydrogen (secondary N) is 1. The SMILES string of the molecule is C=CC(N)OC[C@H]1O[C@@H](n2ccc(=O)[nH]c2=O)[C@H](O)[C@@H]1O. The third-order valence-corrected chi connectivity index (χ3v) is 3.15. The molecule has 1 aliphatic rings. The highest BCUT2D eigenvalue weighted by Gasteiger charge is 2.44. The average Bonchev–Trinajstić information content (AvgIpc) is 2.73. The largest absolute Gasteiger partial charge is 0.387 e. The number of nitrogens with two attached hydrogens (primary N) is 1. The molecule has 0 saturated carbocycles. The molecule has 9 heteroatoms. The number of hydrogen-bond donors (Lipinski definition) is 4. The Hall–Kier alpha value is -1.78. The lowest BCUT2D eigenvalue weighted by molar-refractivity contribution is -0.0758. The number of ether oxygens (including phenoxy) is 2. The van der Waals surface area contributed by atoms with Gasteiger partial charge in [-0.2, -0.15) is 0 Å². The lowest BCUT2D eigenvalue weighted by atomic mass is 10.1. The third kappa shape index (κ3) is 3.28. The maximum Gasteiger partial charge on any atom is 0.330 e. The van der Waals surface area contributed by atoms with Crippen LogP contribution >= 0.6 is 0 Å². The minimum Gasteiger partial charge on any atom is -0.387 e. The van der Waals surface area contributed by atoms with Crippen molar-refractivity contribution < 1.29 is 19.7 Å².